The van der Waals surface area contributed by atoms with E-state index in [-0.39, 0.29) is 0 Å². The zero-order valence-corrected chi connectivity index (χ0v) is 10.2. The number of thiol groups is 1. The number of nitrogens with zero attached hydrogens (tertiary/aromatic N) is 2. The fraction of sp³-hybridized carbons (Fsp3) is 0.778. The molecule has 0 saturated heterocycles. The third-order valence-corrected chi connectivity index (χ3v) is 1.91. The fourth-order valence-electron chi connectivity index (χ4n) is 0.904. The van der Waals surface area contributed by atoms with Crippen LogP contribution in [0.4, 0.5) is 0 Å². The number of rotatable bonds is 8. The minimum atomic E-state index is 0.473. The summed E-state index contributed by atoms with van der Waals surface area (Å²) < 4.78 is 5.17. The van der Waals surface area contributed by atoms with Crippen molar-refractivity contribution in [2.24, 2.45) is 10.7 Å². The largest absolute Gasteiger partial charge is 0.378 e. The molecule has 0 amide bonds. The normalized spacial score (nSPS) is 10.9. The van der Waals surface area contributed by atoms with Gasteiger partial charge in [-0.3, -0.25) is 0 Å². The van der Waals surface area contributed by atoms with Gasteiger partial charge < -0.3 is 21.1 Å². The molecule has 0 fully saturated rings. The van der Waals surface area contributed by atoms with E-state index >= 15 is 0 Å². The van der Waals surface area contributed by atoms with E-state index in [0.717, 1.165) is 18.7 Å². The lowest BCUT2D eigenvalue weighted by atomic mass is 10.5. The lowest BCUT2D eigenvalue weighted by Gasteiger charge is -2.10. The Morgan fingerprint density at radius 3 is 2.75 bits per heavy atom. The molecule has 6 nitrogen and oxygen atoms in total. The summed E-state index contributed by atoms with van der Waals surface area (Å²) in [5.41, 5.74) is 5.27. The second-order valence-electron chi connectivity index (χ2n) is 2.89. The maximum Gasteiger partial charge on any atom is 0.209 e. The minimum absolute atomic E-state index is 0.473. The van der Waals surface area contributed by atoms with Crippen molar-refractivity contribution >= 4 is 18.6 Å². The molecule has 0 heterocycles. The molecule has 0 aromatic carbocycles. The van der Waals surface area contributed by atoms with Crippen molar-refractivity contribution in [2.45, 2.75) is 6.42 Å². The molecule has 0 atom stereocenters. The molecular weight excluding hydrogens is 226 g/mol. The number of guanidine groups is 1. The predicted octanol–water partition coefficient (Wildman–Crippen LogP) is -0.702. The van der Waals surface area contributed by atoms with Crippen LogP contribution in [0.5, 0.6) is 0 Å². The minimum Gasteiger partial charge on any atom is -0.378 e. The molecule has 0 aliphatic carbocycles. The van der Waals surface area contributed by atoms with Crippen LogP contribution in [0.1, 0.15) is 6.42 Å². The summed E-state index contributed by atoms with van der Waals surface area (Å²) in [5, 5.41) is 14.4. The van der Waals surface area contributed by atoms with E-state index in [1.165, 1.54) is 0 Å². The molecule has 0 spiro atoms. The molecule has 0 aromatic heterocycles. The van der Waals surface area contributed by atoms with E-state index < -0.39 is 0 Å². The maximum atomic E-state index is 8.45. The predicted molar refractivity (Wildman–Crippen MR) is 67.4 cm³/mol. The smallest absolute Gasteiger partial charge is 0.209 e. The van der Waals surface area contributed by atoms with Crippen LogP contribution in [-0.4, -0.2) is 44.6 Å². The highest BCUT2D eigenvalue weighted by Gasteiger charge is 1.96. The van der Waals surface area contributed by atoms with Crippen molar-refractivity contribution < 1.29 is 4.74 Å². The van der Waals surface area contributed by atoms with E-state index in [2.05, 4.69) is 28.3 Å². The van der Waals surface area contributed by atoms with Crippen LogP contribution < -0.4 is 16.4 Å². The van der Waals surface area contributed by atoms with Crippen molar-refractivity contribution in [1.29, 1.82) is 5.26 Å². The Kier molecular flexibility index (Phi) is 11.4. The van der Waals surface area contributed by atoms with Gasteiger partial charge in [-0.15, -0.1) is 4.99 Å². The third kappa shape index (κ3) is 9.58. The van der Waals surface area contributed by atoms with Crippen molar-refractivity contribution in [3.63, 3.8) is 0 Å². The van der Waals surface area contributed by atoms with Crippen LogP contribution in [0, 0.1) is 11.5 Å². The summed E-state index contributed by atoms with van der Waals surface area (Å²) >= 11 is 4.09. The van der Waals surface area contributed by atoms with Gasteiger partial charge in [0.2, 0.25) is 12.2 Å². The highest BCUT2D eigenvalue weighted by Crippen LogP contribution is 1.80. The number of ether oxygens (including phenoxy) is 1. The second-order valence-corrected chi connectivity index (χ2v) is 3.34. The Balaban J connectivity index is 3.62. The number of hydrogen-bond acceptors (Lipinski definition) is 5. The van der Waals surface area contributed by atoms with Gasteiger partial charge in [-0.25, -0.2) is 0 Å². The molecule has 4 N–H and O–H groups in total. The van der Waals surface area contributed by atoms with Gasteiger partial charge in [0.15, 0.2) is 0 Å². The molecule has 0 unspecified atom stereocenters. The van der Waals surface area contributed by atoms with E-state index in [1.807, 2.05) is 0 Å². The van der Waals surface area contributed by atoms with E-state index in [0.29, 0.717) is 32.3 Å². The Bertz CT molecular complexity index is 228. The van der Waals surface area contributed by atoms with Crippen LogP contribution in [0.3, 0.4) is 0 Å². The molecule has 0 radical (unpaired) electrons. The third-order valence-electron chi connectivity index (χ3n) is 1.59. The molecule has 0 aliphatic rings. The molecule has 7 heteroatoms. The zero-order valence-electron chi connectivity index (χ0n) is 9.28. The van der Waals surface area contributed by atoms with Gasteiger partial charge >= 0.3 is 0 Å². The van der Waals surface area contributed by atoms with E-state index in [4.69, 9.17) is 15.7 Å². The topological polar surface area (TPSA) is 95.5 Å². The molecule has 0 aromatic rings. The number of nitriles is 1. The van der Waals surface area contributed by atoms with Crippen LogP contribution in [0.2, 0.25) is 0 Å². The van der Waals surface area contributed by atoms with Gasteiger partial charge in [0.25, 0.3) is 0 Å². The van der Waals surface area contributed by atoms with Crippen molar-refractivity contribution in [3.8, 4) is 6.19 Å². The lowest BCUT2D eigenvalue weighted by Crippen LogP contribution is -2.39. The quantitative estimate of drug-likeness (QED) is 0.149. The van der Waals surface area contributed by atoms with Gasteiger partial charge in [-0.1, -0.05) is 0 Å². The average Bonchev–Trinajstić information content (AvgIpc) is 2.29. The Labute approximate surface area is 102 Å². The molecule has 16 heavy (non-hydrogen) atoms. The highest BCUT2D eigenvalue weighted by molar-refractivity contribution is 7.80. The first-order valence-electron chi connectivity index (χ1n) is 5.18. The number of nitrogens with two attached hydrogens (primary N) is 1. The summed E-state index contributed by atoms with van der Waals surface area (Å²) in [4.78, 5) is 3.61. The van der Waals surface area contributed by atoms with Crippen LogP contribution in [-0.2, 0) is 4.74 Å². The Hall–Kier alpha value is -0.970. The highest BCUT2D eigenvalue weighted by atomic mass is 32.1. The fourth-order valence-corrected chi connectivity index (χ4v) is 1.06. The standard InChI is InChI=1S/C9H19N5OS/c10-2-5-15-6-4-13-9(14-8-11)12-3-1-7-16/h16H,1-7,10H2,(H2,12,13,14). The summed E-state index contributed by atoms with van der Waals surface area (Å²) in [7, 11) is 0. The number of hydrogen-bond donors (Lipinski definition) is 4. The molecule has 0 saturated carbocycles. The monoisotopic (exact) mass is 245 g/mol. The van der Waals surface area contributed by atoms with Crippen LogP contribution >= 0.6 is 12.6 Å². The second kappa shape index (κ2) is 12.1. The first kappa shape index (κ1) is 15.0. The number of aliphatic imine (C=N–C) groups is 1. The van der Waals surface area contributed by atoms with Crippen molar-refractivity contribution in [3.05, 3.63) is 0 Å². The van der Waals surface area contributed by atoms with Gasteiger partial charge in [-0.2, -0.15) is 17.9 Å². The van der Waals surface area contributed by atoms with Crippen molar-refractivity contribution in [2.75, 3.05) is 38.6 Å². The first-order valence-corrected chi connectivity index (χ1v) is 5.81. The van der Waals surface area contributed by atoms with Crippen LogP contribution in [0.15, 0.2) is 4.99 Å². The van der Waals surface area contributed by atoms with Crippen molar-refractivity contribution in [1.82, 2.24) is 10.6 Å². The summed E-state index contributed by atoms with van der Waals surface area (Å²) in [6.07, 6.45) is 2.65. The number of nitrogens with one attached hydrogen (secondary N) is 2. The van der Waals surface area contributed by atoms with Gasteiger partial charge in [0.1, 0.15) is 0 Å². The van der Waals surface area contributed by atoms with Gasteiger partial charge in [-0.05, 0) is 12.2 Å². The average molecular weight is 245 g/mol. The molecule has 0 rings (SSSR count). The van der Waals surface area contributed by atoms with Gasteiger partial charge in [0.05, 0.1) is 13.2 Å². The first-order chi connectivity index (χ1) is 7.85. The Morgan fingerprint density at radius 2 is 2.12 bits per heavy atom. The molecular formula is C9H19N5OS. The molecule has 0 aliphatic heterocycles. The maximum absolute atomic E-state index is 8.45. The molecule has 0 bridgehead atoms. The summed E-state index contributed by atoms with van der Waals surface area (Å²) in [6.45, 7) is 2.92. The van der Waals surface area contributed by atoms with Crippen LogP contribution in [0.25, 0.3) is 0 Å². The lowest BCUT2D eigenvalue weighted by molar-refractivity contribution is 0.146. The zero-order chi connectivity index (χ0) is 12.1. The Morgan fingerprint density at radius 1 is 1.38 bits per heavy atom. The molecule has 92 valence electrons. The van der Waals surface area contributed by atoms with Gasteiger partial charge in [0, 0.05) is 19.6 Å². The van der Waals surface area contributed by atoms with E-state index in [1.54, 1.807) is 6.19 Å². The summed E-state index contributed by atoms with van der Waals surface area (Å²) in [5.74, 6) is 1.27. The summed E-state index contributed by atoms with van der Waals surface area (Å²) in [6, 6.07) is 0. The SMILES string of the molecule is N#C/N=C(/NCCCS)NCCOCCN. The van der Waals surface area contributed by atoms with E-state index in [9.17, 15) is 0 Å².